The molecule has 0 radical (unpaired) electrons. The van der Waals surface area contributed by atoms with Crippen LogP contribution in [-0.2, 0) is 33.4 Å². The highest BCUT2D eigenvalue weighted by Crippen LogP contribution is 2.44. The van der Waals surface area contributed by atoms with Crippen LogP contribution >= 0.6 is 0 Å². The van der Waals surface area contributed by atoms with Gasteiger partial charge in [0.05, 0.1) is 18.6 Å². The molecule has 0 heterocycles. The quantitative estimate of drug-likeness (QED) is 0.140. The van der Waals surface area contributed by atoms with Crippen molar-refractivity contribution in [1.29, 1.82) is 0 Å². The third kappa shape index (κ3) is 7.20. The van der Waals surface area contributed by atoms with Gasteiger partial charge in [-0.3, -0.25) is 19.2 Å². The average Bonchev–Trinajstić information content (AvgIpc) is 2.96. The molecule has 0 saturated heterocycles. The highest BCUT2D eigenvalue weighted by atomic mass is 16.6. The summed E-state index contributed by atoms with van der Waals surface area (Å²) in [6, 6.07) is 12.3. The SMILES string of the molecule is CCOC(=O)C(NC(C)=O)(C(=O)OCC)C(CC)(CC)C(=O)c1ccc(Oc2ccc(C(=O)COC(C)=O)cc2)cc1. The van der Waals surface area contributed by atoms with Gasteiger partial charge in [-0.05, 0) is 75.2 Å². The molecule has 42 heavy (non-hydrogen) atoms. The number of Topliss-reactive ketones (excluding diaryl/α,β-unsaturated/α-hetero) is 2. The van der Waals surface area contributed by atoms with Gasteiger partial charge >= 0.3 is 17.9 Å². The molecule has 0 saturated carbocycles. The third-order valence-electron chi connectivity index (χ3n) is 6.82. The monoisotopic (exact) mass is 583 g/mol. The second-order valence-corrected chi connectivity index (χ2v) is 9.34. The zero-order chi connectivity index (χ0) is 31.5. The summed E-state index contributed by atoms with van der Waals surface area (Å²) in [6.45, 7) is 8.21. The molecular formula is C31H37NO10. The van der Waals surface area contributed by atoms with Crippen LogP contribution in [0.15, 0.2) is 48.5 Å². The van der Waals surface area contributed by atoms with Crippen molar-refractivity contribution in [2.45, 2.75) is 59.9 Å². The van der Waals surface area contributed by atoms with Crippen molar-refractivity contribution in [3.63, 3.8) is 0 Å². The van der Waals surface area contributed by atoms with Crippen LogP contribution in [0.25, 0.3) is 0 Å². The Hall–Kier alpha value is -4.54. The molecule has 0 aliphatic carbocycles. The number of amides is 1. The van der Waals surface area contributed by atoms with E-state index in [1.807, 2.05) is 0 Å². The maximum Gasteiger partial charge on any atom is 0.344 e. The van der Waals surface area contributed by atoms with Gasteiger partial charge < -0.3 is 24.3 Å². The number of hydrogen-bond donors (Lipinski definition) is 1. The molecular weight excluding hydrogens is 546 g/mol. The van der Waals surface area contributed by atoms with E-state index in [1.54, 1.807) is 39.8 Å². The lowest BCUT2D eigenvalue weighted by atomic mass is 9.61. The maximum atomic E-state index is 14.2. The first-order valence-corrected chi connectivity index (χ1v) is 13.6. The minimum atomic E-state index is -2.42. The highest BCUT2D eigenvalue weighted by Gasteiger charge is 2.66. The van der Waals surface area contributed by atoms with Gasteiger partial charge in [0.25, 0.3) is 0 Å². The smallest absolute Gasteiger partial charge is 0.344 e. The number of benzene rings is 2. The van der Waals surface area contributed by atoms with Crippen molar-refractivity contribution >= 4 is 35.4 Å². The van der Waals surface area contributed by atoms with E-state index < -0.39 is 40.6 Å². The van der Waals surface area contributed by atoms with Crippen molar-refractivity contribution < 1.29 is 47.7 Å². The molecule has 0 atom stereocenters. The predicted octanol–water partition coefficient (Wildman–Crippen LogP) is 4.21. The Morgan fingerprint density at radius 2 is 1.12 bits per heavy atom. The Labute approximate surface area is 244 Å². The van der Waals surface area contributed by atoms with Crippen LogP contribution in [0.5, 0.6) is 11.5 Å². The topological polar surface area (TPSA) is 151 Å². The Morgan fingerprint density at radius 3 is 1.50 bits per heavy atom. The zero-order valence-corrected chi connectivity index (χ0v) is 24.7. The number of rotatable bonds is 15. The summed E-state index contributed by atoms with van der Waals surface area (Å²) in [6.07, 6.45) is 0.00202. The van der Waals surface area contributed by atoms with Crippen LogP contribution in [0.1, 0.15) is 75.1 Å². The molecule has 2 rings (SSSR count). The number of hydrogen-bond acceptors (Lipinski definition) is 10. The summed E-state index contributed by atoms with van der Waals surface area (Å²) >= 11 is 0. The lowest BCUT2D eigenvalue weighted by Gasteiger charge is -2.45. The molecule has 0 fully saturated rings. The number of carbonyl (C=O) groups is 6. The number of ketones is 2. The molecule has 0 aromatic heterocycles. The molecule has 1 N–H and O–H groups in total. The first-order valence-electron chi connectivity index (χ1n) is 13.6. The molecule has 0 unspecified atom stereocenters. The summed E-state index contributed by atoms with van der Waals surface area (Å²) in [5.41, 5.74) is -3.66. The van der Waals surface area contributed by atoms with Gasteiger partial charge in [0, 0.05) is 25.0 Å². The van der Waals surface area contributed by atoms with Gasteiger partial charge in [-0.25, -0.2) is 9.59 Å². The molecule has 11 nitrogen and oxygen atoms in total. The minimum Gasteiger partial charge on any atom is -0.464 e. The van der Waals surface area contributed by atoms with Crippen molar-refractivity contribution in [2.24, 2.45) is 5.41 Å². The molecule has 0 bridgehead atoms. The summed E-state index contributed by atoms with van der Waals surface area (Å²) in [7, 11) is 0. The fourth-order valence-corrected chi connectivity index (χ4v) is 4.76. The molecule has 1 amide bonds. The zero-order valence-electron chi connectivity index (χ0n) is 24.7. The lowest BCUT2D eigenvalue weighted by molar-refractivity contribution is -0.175. The summed E-state index contributed by atoms with van der Waals surface area (Å²) in [5, 5.41) is 2.44. The van der Waals surface area contributed by atoms with Crippen molar-refractivity contribution in [3.8, 4) is 11.5 Å². The number of carbonyl (C=O) groups excluding carboxylic acids is 6. The van der Waals surface area contributed by atoms with Crippen LogP contribution in [0.2, 0.25) is 0 Å². The van der Waals surface area contributed by atoms with E-state index in [1.165, 1.54) is 43.3 Å². The van der Waals surface area contributed by atoms with E-state index in [2.05, 4.69) is 5.32 Å². The maximum absolute atomic E-state index is 14.2. The van der Waals surface area contributed by atoms with Gasteiger partial charge in [0.2, 0.25) is 11.4 Å². The number of esters is 3. The van der Waals surface area contributed by atoms with E-state index in [9.17, 15) is 28.8 Å². The fourth-order valence-electron chi connectivity index (χ4n) is 4.76. The molecule has 2 aromatic rings. The fraction of sp³-hybridized carbons (Fsp3) is 0.419. The van der Waals surface area contributed by atoms with Crippen molar-refractivity contribution in [1.82, 2.24) is 5.32 Å². The van der Waals surface area contributed by atoms with Crippen LogP contribution in [0.4, 0.5) is 0 Å². The Balaban J connectivity index is 2.43. The second-order valence-electron chi connectivity index (χ2n) is 9.34. The molecule has 226 valence electrons. The standard InChI is InChI=1S/C31H37NO10/c1-7-30(8-2,31(32-20(5)33,28(37)39-9-3)29(38)40-10-4)27(36)23-13-17-25(18-14-23)42-24-15-11-22(12-16-24)26(35)19-41-21(6)34/h11-18H,7-10,19H2,1-6H3,(H,32,33). The second kappa shape index (κ2) is 14.9. The van der Waals surface area contributed by atoms with E-state index in [0.717, 1.165) is 6.92 Å². The number of nitrogens with one attached hydrogen (secondary N) is 1. The minimum absolute atomic E-state index is 0.00101. The summed E-state index contributed by atoms with van der Waals surface area (Å²) in [5.74, 6) is -3.57. The average molecular weight is 584 g/mol. The van der Waals surface area contributed by atoms with Gasteiger partial charge in [0.1, 0.15) is 11.5 Å². The van der Waals surface area contributed by atoms with E-state index >= 15 is 0 Å². The van der Waals surface area contributed by atoms with E-state index in [0.29, 0.717) is 17.1 Å². The van der Waals surface area contributed by atoms with Crippen LogP contribution < -0.4 is 10.1 Å². The van der Waals surface area contributed by atoms with Crippen LogP contribution in [-0.4, -0.2) is 60.7 Å². The predicted molar refractivity (Wildman–Crippen MR) is 151 cm³/mol. The largest absolute Gasteiger partial charge is 0.464 e. The van der Waals surface area contributed by atoms with Gasteiger partial charge in [-0.2, -0.15) is 0 Å². The first kappa shape index (κ1) is 33.7. The summed E-state index contributed by atoms with van der Waals surface area (Å²) in [4.78, 5) is 76.5. The van der Waals surface area contributed by atoms with Crippen LogP contribution in [0.3, 0.4) is 0 Å². The Morgan fingerprint density at radius 1 is 0.667 bits per heavy atom. The number of ether oxygens (including phenoxy) is 4. The Kier molecular flexibility index (Phi) is 11.9. The highest BCUT2D eigenvalue weighted by molar-refractivity contribution is 6.16. The molecule has 0 aliphatic rings. The summed E-state index contributed by atoms with van der Waals surface area (Å²) < 4.78 is 21.0. The normalized spacial score (nSPS) is 11.2. The molecule has 2 aromatic carbocycles. The van der Waals surface area contributed by atoms with E-state index in [-0.39, 0.29) is 44.0 Å². The van der Waals surface area contributed by atoms with Crippen molar-refractivity contribution in [3.05, 3.63) is 59.7 Å². The van der Waals surface area contributed by atoms with Crippen molar-refractivity contribution in [2.75, 3.05) is 19.8 Å². The Bertz CT molecular complexity index is 1280. The first-order chi connectivity index (χ1) is 19.9. The van der Waals surface area contributed by atoms with Gasteiger partial charge in [0.15, 0.2) is 18.2 Å². The van der Waals surface area contributed by atoms with E-state index in [4.69, 9.17) is 18.9 Å². The molecule has 0 aliphatic heterocycles. The van der Waals surface area contributed by atoms with Gasteiger partial charge in [-0.15, -0.1) is 0 Å². The van der Waals surface area contributed by atoms with Gasteiger partial charge in [-0.1, -0.05) is 13.8 Å². The molecule has 0 spiro atoms. The lowest BCUT2D eigenvalue weighted by Crippen LogP contribution is -2.72. The third-order valence-corrected chi connectivity index (χ3v) is 6.82. The van der Waals surface area contributed by atoms with Crippen LogP contribution in [0, 0.1) is 5.41 Å². The molecule has 11 heteroatoms.